The first-order valence-electron chi connectivity index (χ1n) is 13.3. The number of H-pyrrole nitrogens is 1. The molecule has 3 aromatic carbocycles. The number of aromatic amines is 1. The fourth-order valence-corrected chi connectivity index (χ4v) is 5.78. The number of nitrogens with zero attached hydrogens (tertiary/aromatic N) is 3. The molecular formula is C32H27ClN4O3. The van der Waals surface area contributed by atoms with Crippen LogP contribution < -0.4 is 5.56 Å². The van der Waals surface area contributed by atoms with Crippen LogP contribution in [0.1, 0.15) is 59.1 Å². The molecule has 1 atom stereocenters. The minimum atomic E-state index is -1.36. The molecule has 1 aliphatic heterocycles. The molecule has 2 aliphatic rings. The maximum absolute atomic E-state index is 13.4. The van der Waals surface area contributed by atoms with Gasteiger partial charge in [0.25, 0.3) is 11.5 Å². The Kier molecular flexibility index (Phi) is 6.75. The third-order valence-electron chi connectivity index (χ3n) is 7.95. The van der Waals surface area contributed by atoms with Crippen LogP contribution in [-0.2, 0) is 23.2 Å². The number of aryl methyl sites for hydroxylation is 1. The quantitative estimate of drug-likeness (QED) is 0.361. The number of hydrogen-bond acceptors (Lipinski definition) is 5. The number of rotatable bonds is 5. The van der Waals surface area contributed by atoms with Crippen LogP contribution in [0.2, 0.25) is 5.02 Å². The Morgan fingerprint density at radius 1 is 1.07 bits per heavy atom. The molecule has 1 aliphatic carbocycles. The van der Waals surface area contributed by atoms with E-state index in [1.807, 2.05) is 30.3 Å². The zero-order valence-corrected chi connectivity index (χ0v) is 22.5. The summed E-state index contributed by atoms with van der Waals surface area (Å²) in [6, 6.07) is 24.5. The van der Waals surface area contributed by atoms with Crippen LogP contribution in [0.25, 0.3) is 11.1 Å². The summed E-state index contributed by atoms with van der Waals surface area (Å²) in [5, 5.41) is 20.5. The monoisotopic (exact) mass is 550 g/mol. The SMILES string of the molecule is N#Cc1cccc(-c2cccc(C3(c4nc5c(c(=O)[nH]4)CN(C(=O)[C@H](O)c4cccc(Cl)c4)CCC5)CC3)c2)c1. The molecule has 0 unspecified atom stereocenters. The van der Waals surface area contributed by atoms with E-state index >= 15 is 0 Å². The first-order chi connectivity index (χ1) is 19.4. The number of benzene rings is 3. The third kappa shape index (κ3) is 4.81. The number of carbonyl (C=O) groups is 1. The maximum atomic E-state index is 13.4. The Morgan fingerprint density at radius 3 is 2.58 bits per heavy atom. The van der Waals surface area contributed by atoms with Crippen molar-refractivity contribution in [3.63, 3.8) is 0 Å². The largest absolute Gasteiger partial charge is 0.378 e. The summed E-state index contributed by atoms with van der Waals surface area (Å²) >= 11 is 6.04. The van der Waals surface area contributed by atoms with Crippen molar-refractivity contribution in [3.05, 3.63) is 122 Å². The molecule has 0 bridgehead atoms. The van der Waals surface area contributed by atoms with Gasteiger partial charge in [-0.05, 0) is 72.2 Å². The summed E-state index contributed by atoms with van der Waals surface area (Å²) in [5.74, 6) is 0.187. The summed E-state index contributed by atoms with van der Waals surface area (Å²) in [6.07, 6.45) is 1.58. The summed E-state index contributed by atoms with van der Waals surface area (Å²) in [7, 11) is 0. The molecule has 1 amide bonds. The Balaban J connectivity index is 1.29. The zero-order chi connectivity index (χ0) is 27.9. The van der Waals surface area contributed by atoms with Crippen molar-refractivity contribution in [2.24, 2.45) is 0 Å². The van der Waals surface area contributed by atoms with Crippen LogP contribution in [0, 0.1) is 11.3 Å². The predicted octanol–water partition coefficient (Wildman–Crippen LogP) is 5.05. The van der Waals surface area contributed by atoms with E-state index in [-0.39, 0.29) is 17.5 Å². The second kappa shape index (κ2) is 10.4. The topological polar surface area (TPSA) is 110 Å². The van der Waals surface area contributed by atoms with Crippen molar-refractivity contribution in [3.8, 4) is 17.2 Å². The van der Waals surface area contributed by atoms with Gasteiger partial charge in [0.15, 0.2) is 6.10 Å². The number of halogens is 1. The van der Waals surface area contributed by atoms with Crippen molar-refractivity contribution < 1.29 is 9.90 Å². The van der Waals surface area contributed by atoms with Gasteiger partial charge in [-0.15, -0.1) is 0 Å². The first kappa shape index (κ1) is 26.0. The van der Waals surface area contributed by atoms with Gasteiger partial charge in [-0.1, -0.05) is 60.1 Å². The van der Waals surface area contributed by atoms with Crippen LogP contribution in [0.3, 0.4) is 0 Å². The fourth-order valence-electron chi connectivity index (χ4n) is 5.58. The lowest BCUT2D eigenvalue weighted by molar-refractivity contribution is -0.141. The normalized spacial score (nSPS) is 16.4. The van der Waals surface area contributed by atoms with Gasteiger partial charge in [-0.25, -0.2) is 4.98 Å². The summed E-state index contributed by atoms with van der Waals surface area (Å²) < 4.78 is 0. The Labute approximate surface area is 236 Å². The standard InChI is InChI=1S/C32H27ClN4O3/c33-25-10-3-8-23(17-25)28(38)30(40)37-14-4-11-27-26(19-37)29(39)36-31(35-27)32(12-13-32)24-9-2-7-22(16-24)21-6-1-5-20(15-21)18-34/h1-3,5-10,15-17,28,38H,4,11-14,19H2,(H,35,36,39)/t28-/m1/s1. The van der Waals surface area contributed by atoms with E-state index < -0.39 is 12.0 Å². The van der Waals surface area contributed by atoms with Gasteiger partial charge in [0, 0.05) is 11.6 Å². The van der Waals surface area contributed by atoms with Gasteiger partial charge < -0.3 is 15.0 Å². The van der Waals surface area contributed by atoms with E-state index in [4.69, 9.17) is 16.6 Å². The molecule has 4 aromatic rings. The molecule has 200 valence electrons. The maximum Gasteiger partial charge on any atom is 0.256 e. The van der Waals surface area contributed by atoms with Crippen molar-refractivity contribution in [2.45, 2.75) is 43.7 Å². The fraction of sp³-hybridized carbons (Fsp3) is 0.250. The lowest BCUT2D eigenvalue weighted by Gasteiger charge is -2.24. The van der Waals surface area contributed by atoms with E-state index in [9.17, 15) is 20.0 Å². The number of fused-ring (bicyclic) bond motifs is 1. The molecule has 0 saturated heterocycles. The molecule has 1 fully saturated rings. The smallest absolute Gasteiger partial charge is 0.256 e. The molecule has 40 heavy (non-hydrogen) atoms. The van der Waals surface area contributed by atoms with E-state index in [2.05, 4.69) is 23.2 Å². The van der Waals surface area contributed by atoms with Crippen LogP contribution in [0.4, 0.5) is 0 Å². The average molecular weight is 551 g/mol. The minimum absolute atomic E-state index is 0.0894. The molecule has 8 heteroatoms. The number of amides is 1. The lowest BCUT2D eigenvalue weighted by atomic mass is 9.91. The highest BCUT2D eigenvalue weighted by atomic mass is 35.5. The van der Waals surface area contributed by atoms with Gasteiger partial charge in [0.2, 0.25) is 0 Å². The molecule has 2 N–H and O–H groups in total. The first-order valence-corrected chi connectivity index (χ1v) is 13.7. The van der Waals surface area contributed by atoms with E-state index in [0.29, 0.717) is 52.6 Å². The van der Waals surface area contributed by atoms with Crippen molar-refractivity contribution in [1.82, 2.24) is 14.9 Å². The molecule has 1 aromatic heterocycles. The molecule has 7 nitrogen and oxygen atoms in total. The van der Waals surface area contributed by atoms with Crippen LogP contribution in [0.5, 0.6) is 0 Å². The van der Waals surface area contributed by atoms with Gasteiger partial charge in [-0.2, -0.15) is 5.26 Å². The number of nitrogens with one attached hydrogen (secondary N) is 1. The van der Waals surface area contributed by atoms with Crippen molar-refractivity contribution >= 4 is 17.5 Å². The highest BCUT2D eigenvalue weighted by molar-refractivity contribution is 6.30. The highest BCUT2D eigenvalue weighted by Gasteiger charge is 2.49. The van der Waals surface area contributed by atoms with E-state index in [0.717, 1.165) is 29.5 Å². The molecule has 0 radical (unpaired) electrons. The van der Waals surface area contributed by atoms with Gasteiger partial charge in [0.05, 0.1) is 34.8 Å². The number of hydrogen-bond donors (Lipinski definition) is 2. The van der Waals surface area contributed by atoms with Crippen molar-refractivity contribution in [2.75, 3.05) is 6.54 Å². The number of aliphatic hydroxyl groups is 1. The van der Waals surface area contributed by atoms with Gasteiger partial charge in [-0.3, -0.25) is 9.59 Å². The molecular weight excluding hydrogens is 524 g/mol. The van der Waals surface area contributed by atoms with Crippen molar-refractivity contribution in [1.29, 1.82) is 5.26 Å². The molecule has 1 saturated carbocycles. The summed E-state index contributed by atoms with van der Waals surface area (Å²) in [4.78, 5) is 36.1. The molecule has 0 spiro atoms. The van der Waals surface area contributed by atoms with Gasteiger partial charge in [0.1, 0.15) is 5.82 Å². The number of carbonyl (C=O) groups excluding carboxylic acids is 1. The number of aromatic nitrogens is 2. The van der Waals surface area contributed by atoms with Crippen LogP contribution in [-0.4, -0.2) is 32.4 Å². The Hall–Kier alpha value is -4.25. The highest BCUT2D eigenvalue weighted by Crippen LogP contribution is 2.52. The van der Waals surface area contributed by atoms with Gasteiger partial charge >= 0.3 is 0 Å². The summed E-state index contributed by atoms with van der Waals surface area (Å²) in [5.41, 5.74) is 4.61. The Bertz CT molecular complexity index is 1720. The predicted molar refractivity (Wildman–Crippen MR) is 152 cm³/mol. The van der Waals surface area contributed by atoms with E-state index in [1.165, 1.54) is 4.90 Å². The average Bonchev–Trinajstić information content (AvgIpc) is 3.81. The molecule has 2 heterocycles. The number of aliphatic hydroxyl groups excluding tert-OH is 1. The zero-order valence-electron chi connectivity index (χ0n) is 21.7. The molecule has 6 rings (SSSR count). The lowest BCUT2D eigenvalue weighted by Crippen LogP contribution is -2.36. The third-order valence-corrected chi connectivity index (χ3v) is 8.18. The van der Waals surface area contributed by atoms with E-state index in [1.54, 1.807) is 30.3 Å². The Morgan fingerprint density at radius 2 is 1.82 bits per heavy atom. The second-order valence-electron chi connectivity index (χ2n) is 10.5. The van der Waals surface area contributed by atoms with Crippen LogP contribution >= 0.6 is 11.6 Å². The second-order valence-corrected chi connectivity index (χ2v) is 11.0. The van der Waals surface area contributed by atoms with Crippen LogP contribution in [0.15, 0.2) is 77.6 Å². The number of nitriles is 1. The minimum Gasteiger partial charge on any atom is -0.378 e. The summed E-state index contributed by atoms with van der Waals surface area (Å²) in [6.45, 7) is 0.503.